The number of benzene rings is 2. The van der Waals surface area contributed by atoms with E-state index in [0.29, 0.717) is 10.8 Å². The minimum absolute atomic E-state index is 0.157. The van der Waals surface area contributed by atoms with Gasteiger partial charge in [-0.1, -0.05) is 23.7 Å². The van der Waals surface area contributed by atoms with Crippen LogP contribution in [0.25, 0.3) is 0 Å². The number of rotatable bonds is 7. The Bertz CT molecular complexity index is 1200. The molecule has 7 nitrogen and oxygen atoms in total. The third kappa shape index (κ3) is 6.16. The van der Waals surface area contributed by atoms with Gasteiger partial charge in [-0.15, -0.1) is 0 Å². The van der Waals surface area contributed by atoms with E-state index in [-0.39, 0.29) is 17.1 Å². The summed E-state index contributed by atoms with van der Waals surface area (Å²) in [5, 5.41) is 6.92. The summed E-state index contributed by atoms with van der Waals surface area (Å²) < 4.78 is 45.0. The number of amides is 1. The number of nitrogens with zero attached hydrogens (tertiary/aromatic N) is 3. The van der Waals surface area contributed by atoms with Gasteiger partial charge in [0.05, 0.1) is 24.6 Å². The summed E-state index contributed by atoms with van der Waals surface area (Å²) in [6.45, 7) is 0. The number of anilines is 3. The van der Waals surface area contributed by atoms with Crippen LogP contribution in [0.3, 0.4) is 0 Å². The van der Waals surface area contributed by atoms with Gasteiger partial charge in [0.15, 0.2) is 0 Å². The second-order valence-corrected chi connectivity index (χ2v) is 7.68. The average Bonchev–Trinajstić information content (AvgIpc) is 2.79. The molecule has 0 atom stereocenters. The summed E-state index contributed by atoms with van der Waals surface area (Å²) >= 11 is 6.00. The number of carbonyl (C=O) groups is 1. The number of hydrogen-bond acceptors (Lipinski definition) is 6. The van der Waals surface area contributed by atoms with E-state index in [4.69, 9.17) is 16.3 Å². The lowest BCUT2D eigenvalue weighted by molar-refractivity contribution is -0.141. The van der Waals surface area contributed by atoms with Crippen molar-refractivity contribution in [3.63, 3.8) is 0 Å². The van der Waals surface area contributed by atoms with Gasteiger partial charge >= 0.3 is 6.18 Å². The molecule has 0 spiro atoms. The lowest BCUT2D eigenvalue weighted by Crippen LogP contribution is -2.21. The van der Waals surface area contributed by atoms with E-state index >= 15 is 0 Å². The first kappa shape index (κ1) is 24.8. The fourth-order valence-electron chi connectivity index (χ4n) is 2.89. The molecule has 0 radical (unpaired) electrons. The smallest absolute Gasteiger partial charge is 0.433 e. The largest absolute Gasteiger partial charge is 0.495 e. The predicted octanol–water partition coefficient (Wildman–Crippen LogP) is 5.34. The fraction of sp³-hybridized carbons (Fsp3) is 0.174. The zero-order valence-electron chi connectivity index (χ0n) is 18.4. The number of methoxy groups -OCH3 is 1. The molecule has 3 rings (SSSR count). The van der Waals surface area contributed by atoms with E-state index in [1.807, 2.05) is 43.3 Å². The summed E-state index contributed by atoms with van der Waals surface area (Å²) in [5.74, 6) is -0.793. The van der Waals surface area contributed by atoms with E-state index < -0.39 is 17.8 Å². The number of hydrazone groups is 1. The molecule has 0 aliphatic carbocycles. The molecule has 1 aromatic heterocycles. The molecule has 2 N–H and O–H groups in total. The Morgan fingerprint density at radius 1 is 1.12 bits per heavy atom. The molecule has 34 heavy (non-hydrogen) atoms. The molecule has 0 aliphatic heterocycles. The number of pyridine rings is 1. The van der Waals surface area contributed by atoms with Crippen molar-refractivity contribution >= 4 is 40.9 Å². The van der Waals surface area contributed by atoms with Crippen molar-refractivity contribution in [2.75, 3.05) is 31.4 Å². The average molecular weight is 492 g/mol. The number of halogens is 4. The fourth-order valence-corrected chi connectivity index (χ4v) is 3.06. The molecule has 1 amide bonds. The molecule has 0 aliphatic rings. The first-order valence-corrected chi connectivity index (χ1v) is 10.3. The predicted molar refractivity (Wildman–Crippen MR) is 126 cm³/mol. The first-order chi connectivity index (χ1) is 16.1. The maximum atomic E-state index is 13.3. The highest BCUT2D eigenvalue weighted by Crippen LogP contribution is 2.34. The summed E-state index contributed by atoms with van der Waals surface area (Å²) in [4.78, 5) is 18.3. The molecule has 0 saturated heterocycles. The van der Waals surface area contributed by atoms with Crippen LogP contribution in [0.5, 0.6) is 5.75 Å². The second-order valence-electron chi connectivity index (χ2n) is 7.25. The van der Waals surface area contributed by atoms with Crippen molar-refractivity contribution in [1.29, 1.82) is 0 Å². The van der Waals surface area contributed by atoms with Crippen LogP contribution in [0.4, 0.5) is 30.4 Å². The molecule has 0 fully saturated rings. The second kappa shape index (κ2) is 10.4. The van der Waals surface area contributed by atoms with Gasteiger partial charge in [0, 0.05) is 24.8 Å². The van der Waals surface area contributed by atoms with Gasteiger partial charge in [0.25, 0.3) is 5.91 Å². The van der Waals surface area contributed by atoms with Crippen molar-refractivity contribution in [3.05, 3.63) is 76.4 Å². The summed E-state index contributed by atoms with van der Waals surface area (Å²) in [6.07, 6.45) is -3.29. The third-order valence-corrected chi connectivity index (χ3v) is 4.87. The van der Waals surface area contributed by atoms with Crippen LogP contribution in [0.15, 0.2) is 59.7 Å². The third-order valence-electron chi connectivity index (χ3n) is 4.63. The van der Waals surface area contributed by atoms with Crippen molar-refractivity contribution in [3.8, 4) is 5.75 Å². The van der Waals surface area contributed by atoms with Crippen molar-refractivity contribution < 1.29 is 22.7 Å². The number of nitrogens with one attached hydrogen (secondary N) is 2. The molecule has 0 unspecified atom stereocenters. The zero-order valence-corrected chi connectivity index (χ0v) is 19.2. The topological polar surface area (TPSA) is 78.8 Å². The van der Waals surface area contributed by atoms with Crippen molar-refractivity contribution in [2.45, 2.75) is 6.18 Å². The number of hydrogen-bond donors (Lipinski definition) is 2. The van der Waals surface area contributed by atoms with Crippen molar-refractivity contribution in [1.82, 2.24) is 10.4 Å². The van der Waals surface area contributed by atoms with E-state index in [1.165, 1.54) is 25.5 Å². The maximum Gasteiger partial charge on any atom is 0.433 e. The number of aromatic nitrogens is 1. The van der Waals surface area contributed by atoms with Gasteiger partial charge in [0.2, 0.25) is 0 Å². The van der Waals surface area contributed by atoms with E-state index in [1.54, 1.807) is 6.07 Å². The van der Waals surface area contributed by atoms with Gasteiger partial charge in [-0.2, -0.15) is 18.3 Å². The molecule has 0 bridgehead atoms. The molecule has 1 heterocycles. The summed E-state index contributed by atoms with van der Waals surface area (Å²) in [5.41, 5.74) is 2.93. The van der Waals surface area contributed by atoms with Crippen LogP contribution in [-0.4, -0.2) is 38.3 Å². The Kier molecular flexibility index (Phi) is 7.62. The molecule has 2 aromatic carbocycles. The molecular formula is C23H21ClF3N5O2. The molecule has 3 aromatic rings. The Hall–Kier alpha value is -3.79. The van der Waals surface area contributed by atoms with Crippen LogP contribution in [-0.2, 0) is 6.18 Å². The van der Waals surface area contributed by atoms with Gasteiger partial charge in [-0.3, -0.25) is 4.79 Å². The maximum absolute atomic E-state index is 13.3. The monoisotopic (exact) mass is 491 g/mol. The summed E-state index contributed by atoms with van der Waals surface area (Å²) in [6, 6.07) is 13.6. The number of alkyl halides is 3. The molecule has 0 saturated carbocycles. The van der Waals surface area contributed by atoms with E-state index in [2.05, 4.69) is 20.8 Å². The Morgan fingerprint density at radius 3 is 2.44 bits per heavy atom. The quantitative estimate of drug-likeness (QED) is 0.345. The lowest BCUT2D eigenvalue weighted by atomic mass is 10.2. The Labute approximate surface area is 199 Å². The van der Waals surface area contributed by atoms with Crippen LogP contribution in [0.1, 0.15) is 21.6 Å². The van der Waals surface area contributed by atoms with Crippen LogP contribution in [0.2, 0.25) is 5.02 Å². The summed E-state index contributed by atoms with van der Waals surface area (Å²) in [7, 11) is 5.21. The molecular weight excluding hydrogens is 471 g/mol. The normalized spacial score (nSPS) is 11.4. The van der Waals surface area contributed by atoms with Gasteiger partial charge < -0.3 is 15.0 Å². The van der Waals surface area contributed by atoms with Gasteiger partial charge in [-0.25, -0.2) is 10.4 Å². The minimum Gasteiger partial charge on any atom is -0.495 e. The van der Waals surface area contributed by atoms with Crippen LogP contribution >= 0.6 is 11.6 Å². The lowest BCUT2D eigenvalue weighted by Gasteiger charge is -2.15. The Balaban J connectivity index is 1.87. The minimum atomic E-state index is -4.71. The molecule has 11 heteroatoms. The highest BCUT2D eigenvalue weighted by molar-refractivity contribution is 6.31. The standard InChI is InChI=1S/C23H21ClF3N5O2/c1-32(2)16-7-4-14(5-8-16)13-28-31-22(33)17-9-11-20(23(25,26)27)30-21(17)29-18-12-15(24)6-10-19(18)34-3/h4-13H,1-3H3,(H,29,30)(H,31,33)/b28-13+. The van der Waals surface area contributed by atoms with Crippen LogP contribution in [0, 0.1) is 0 Å². The number of ether oxygens (including phenoxy) is 1. The first-order valence-electron chi connectivity index (χ1n) is 9.88. The number of carbonyl (C=O) groups excluding carboxylic acids is 1. The van der Waals surface area contributed by atoms with E-state index in [9.17, 15) is 18.0 Å². The highest BCUT2D eigenvalue weighted by atomic mass is 35.5. The van der Waals surface area contributed by atoms with Gasteiger partial charge in [0.1, 0.15) is 17.3 Å². The zero-order chi connectivity index (χ0) is 24.9. The SMILES string of the molecule is COc1ccc(Cl)cc1Nc1nc(C(F)(F)F)ccc1C(=O)N/N=C/c1ccc(N(C)C)cc1. The Morgan fingerprint density at radius 2 is 1.82 bits per heavy atom. The highest BCUT2D eigenvalue weighted by Gasteiger charge is 2.33. The van der Waals surface area contributed by atoms with Crippen molar-refractivity contribution in [2.24, 2.45) is 5.10 Å². The van der Waals surface area contributed by atoms with Crippen LogP contribution < -0.4 is 20.4 Å². The van der Waals surface area contributed by atoms with Gasteiger partial charge in [-0.05, 0) is 48.0 Å². The van der Waals surface area contributed by atoms with E-state index in [0.717, 1.165) is 23.4 Å². The molecule has 178 valence electrons.